The quantitative estimate of drug-likeness (QED) is 0.881. The van der Waals surface area contributed by atoms with Crippen LogP contribution >= 0.6 is 0 Å². The van der Waals surface area contributed by atoms with Crippen molar-refractivity contribution in [2.75, 3.05) is 32.1 Å². The Morgan fingerprint density at radius 2 is 2.11 bits per heavy atom. The van der Waals surface area contributed by atoms with Crippen LogP contribution in [0.1, 0.15) is 25.6 Å². The molecule has 0 atom stereocenters. The largest absolute Gasteiger partial charge is 0.481 e. The van der Waals surface area contributed by atoms with Crippen molar-refractivity contribution in [2.24, 2.45) is 0 Å². The molecule has 0 saturated carbocycles. The normalized spacial score (nSPS) is 17.7. The van der Waals surface area contributed by atoms with Crippen molar-refractivity contribution in [1.29, 1.82) is 0 Å². The van der Waals surface area contributed by atoms with Crippen molar-refractivity contribution in [2.45, 2.75) is 32.7 Å². The van der Waals surface area contributed by atoms with Crippen LogP contribution in [0, 0.1) is 6.92 Å². The summed E-state index contributed by atoms with van der Waals surface area (Å²) in [6, 6.07) is 2.37. The summed E-state index contributed by atoms with van der Waals surface area (Å²) in [7, 11) is 1.63. The Hall–Kier alpha value is -1.36. The van der Waals surface area contributed by atoms with Gasteiger partial charge in [-0.25, -0.2) is 4.98 Å². The molecule has 0 radical (unpaired) electrons. The number of methoxy groups -OCH3 is 1. The number of anilines is 1. The Bertz CT molecular complexity index is 389. The molecule has 1 aromatic rings. The van der Waals surface area contributed by atoms with Crippen LogP contribution < -0.4 is 10.1 Å². The van der Waals surface area contributed by atoms with Gasteiger partial charge in [0.15, 0.2) is 0 Å². The lowest BCUT2D eigenvalue weighted by Crippen LogP contribution is -2.39. The highest BCUT2D eigenvalue weighted by Crippen LogP contribution is 2.18. The number of aryl methyl sites for hydroxylation is 1. The standard InChI is InChI=1S/C13H22N4O/c1-4-17-7-5-11(6-8-17)16-12-9-13(18-3)15-10(2)14-12/h9,11H,4-8H2,1-3H3,(H,14,15,16). The summed E-state index contributed by atoms with van der Waals surface area (Å²) in [6.45, 7) is 7.57. The summed E-state index contributed by atoms with van der Waals surface area (Å²) >= 11 is 0. The molecule has 0 aromatic carbocycles. The van der Waals surface area contributed by atoms with E-state index in [4.69, 9.17) is 4.74 Å². The first-order valence-corrected chi connectivity index (χ1v) is 6.60. The number of nitrogens with one attached hydrogen (secondary N) is 1. The molecule has 1 aliphatic rings. The zero-order valence-corrected chi connectivity index (χ0v) is 11.4. The van der Waals surface area contributed by atoms with Gasteiger partial charge in [-0.1, -0.05) is 6.92 Å². The predicted molar refractivity (Wildman–Crippen MR) is 72.1 cm³/mol. The lowest BCUT2D eigenvalue weighted by molar-refractivity contribution is 0.229. The number of nitrogens with zero attached hydrogens (tertiary/aromatic N) is 3. The number of hydrogen-bond acceptors (Lipinski definition) is 5. The van der Waals surface area contributed by atoms with E-state index in [9.17, 15) is 0 Å². The van der Waals surface area contributed by atoms with Gasteiger partial charge >= 0.3 is 0 Å². The van der Waals surface area contributed by atoms with E-state index in [1.54, 1.807) is 7.11 Å². The predicted octanol–water partition coefficient (Wildman–Crippen LogP) is 1.69. The maximum absolute atomic E-state index is 5.16. The highest BCUT2D eigenvalue weighted by atomic mass is 16.5. The van der Waals surface area contributed by atoms with E-state index in [-0.39, 0.29) is 0 Å². The molecule has 100 valence electrons. The van der Waals surface area contributed by atoms with E-state index >= 15 is 0 Å². The van der Waals surface area contributed by atoms with Crippen molar-refractivity contribution >= 4 is 5.82 Å². The zero-order chi connectivity index (χ0) is 13.0. The first kappa shape index (κ1) is 13.1. The maximum Gasteiger partial charge on any atom is 0.218 e. The fraction of sp³-hybridized carbons (Fsp3) is 0.692. The molecule has 0 amide bonds. The van der Waals surface area contributed by atoms with Gasteiger partial charge in [0.05, 0.1) is 7.11 Å². The van der Waals surface area contributed by atoms with Crippen molar-refractivity contribution in [1.82, 2.24) is 14.9 Å². The van der Waals surface area contributed by atoms with Crippen molar-refractivity contribution < 1.29 is 4.74 Å². The van der Waals surface area contributed by atoms with Gasteiger partial charge < -0.3 is 15.0 Å². The first-order chi connectivity index (χ1) is 8.71. The highest BCUT2D eigenvalue weighted by Gasteiger charge is 2.18. The zero-order valence-electron chi connectivity index (χ0n) is 11.4. The van der Waals surface area contributed by atoms with Crippen LogP contribution in [0.25, 0.3) is 0 Å². The van der Waals surface area contributed by atoms with Crippen LogP contribution in [0.5, 0.6) is 5.88 Å². The fourth-order valence-electron chi connectivity index (χ4n) is 2.32. The number of ether oxygens (including phenoxy) is 1. The topological polar surface area (TPSA) is 50.3 Å². The maximum atomic E-state index is 5.16. The summed E-state index contributed by atoms with van der Waals surface area (Å²) in [6.07, 6.45) is 2.33. The molecular formula is C13H22N4O. The molecular weight excluding hydrogens is 228 g/mol. The van der Waals surface area contributed by atoms with Gasteiger partial charge in [-0.15, -0.1) is 0 Å². The Morgan fingerprint density at radius 1 is 1.39 bits per heavy atom. The molecule has 0 spiro atoms. The van der Waals surface area contributed by atoms with E-state index in [1.807, 2.05) is 13.0 Å². The molecule has 1 aliphatic heterocycles. The summed E-state index contributed by atoms with van der Waals surface area (Å²) < 4.78 is 5.16. The minimum absolute atomic E-state index is 0.506. The van der Waals surface area contributed by atoms with Crippen molar-refractivity contribution in [3.8, 4) is 5.88 Å². The Kier molecular flexibility index (Phi) is 4.36. The van der Waals surface area contributed by atoms with Crippen molar-refractivity contribution in [3.63, 3.8) is 0 Å². The molecule has 1 aromatic heterocycles. The molecule has 18 heavy (non-hydrogen) atoms. The molecule has 2 rings (SSSR count). The van der Waals surface area contributed by atoms with E-state index < -0.39 is 0 Å². The van der Waals surface area contributed by atoms with Gasteiger partial charge in [0.25, 0.3) is 0 Å². The van der Waals surface area contributed by atoms with Crippen LogP contribution in [0.3, 0.4) is 0 Å². The average molecular weight is 250 g/mol. The highest BCUT2D eigenvalue weighted by molar-refractivity contribution is 5.39. The van der Waals surface area contributed by atoms with Gasteiger partial charge in [0.1, 0.15) is 11.6 Å². The molecule has 5 heteroatoms. The number of rotatable bonds is 4. The fourth-order valence-corrected chi connectivity index (χ4v) is 2.32. The molecule has 1 fully saturated rings. The molecule has 0 aliphatic carbocycles. The van der Waals surface area contributed by atoms with Gasteiger partial charge in [0.2, 0.25) is 5.88 Å². The van der Waals surface area contributed by atoms with E-state index in [2.05, 4.69) is 27.1 Å². The molecule has 0 unspecified atom stereocenters. The Labute approximate surface area is 109 Å². The summed E-state index contributed by atoms with van der Waals surface area (Å²) in [5.41, 5.74) is 0. The molecule has 0 bridgehead atoms. The number of hydrogen-bond donors (Lipinski definition) is 1. The molecule has 1 N–H and O–H groups in total. The second-order valence-corrected chi connectivity index (χ2v) is 4.70. The first-order valence-electron chi connectivity index (χ1n) is 6.60. The second-order valence-electron chi connectivity index (χ2n) is 4.70. The van der Waals surface area contributed by atoms with Crippen LogP contribution in [-0.4, -0.2) is 47.7 Å². The van der Waals surface area contributed by atoms with E-state index in [0.29, 0.717) is 11.9 Å². The third-order valence-corrected chi connectivity index (χ3v) is 3.41. The lowest BCUT2D eigenvalue weighted by Gasteiger charge is -2.31. The third-order valence-electron chi connectivity index (χ3n) is 3.41. The molecule has 2 heterocycles. The van der Waals surface area contributed by atoms with Crippen LogP contribution in [0.15, 0.2) is 6.07 Å². The Morgan fingerprint density at radius 3 is 2.72 bits per heavy atom. The minimum Gasteiger partial charge on any atom is -0.481 e. The Balaban J connectivity index is 1.95. The van der Waals surface area contributed by atoms with Crippen LogP contribution in [-0.2, 0) is 0 Å². The molecule has 1 saturated heterocycles. The smallest absolute Gasteiger partial charge is 0.218 e. The monoisotopic (exact) mass is 250 g/mol. The summed E-state index contributed by atoms with van der Waals surface area (Å²) in [5, 5.41) is 3.48. The minimum atomic E-state index is 0.506. The number of piperidine rings is 1. The number of likely N-dealkylation sites (tertiary alicyclic amines) is 1. The van der Waals surface area contributed by atoms with Gasteiger partial charge in [-0.05, 0) is 26.3 Å². The summed E-state index contributed by atoms with van der Waals surface area (Å²) in [5.74, 6) is 2.23. The average Bonchev–Trinajstić information content (AvgIpc) is 2.39. The van der Waals surface area contributed by atoms with E-state index in [1.165, 1.54) is 12.8 Å². The summed E-state index contributed by atoms with van der Waals surface area (Å²) in [4.78, 5) is 11.1. The lowest BCUT2D eigenvalue weighted by atomic mass is 10.1. The van der Waals surface area contributed by atoms with Gasteiger partial charge in [-0.2, -0.15) is 4.98 Å². The SMILES string of the molecule is CCN1CCC(Nc2cc(OC)nc(C)n2)CC1. The van der Waals surface area contributed by atoms with Crippen molar-refractivity contribution in [3.05, 3.63) is 11.9 Å². The van der Waals surface area contributed by atoms with Crippen LogP contribution in [0.2, 0.25) is 0 Å². The van der Waals surface area contributed by atoms with E-state index in [0.717, 1.165) is 31.3 Å². The molecule has 5 nitrogen and oxygen atoms in total. The van der Waals surface area contributed by atoms with Gasteiger partial charge in [0, 0.05) is 25.2 Å². The number of aromatic nitrogens is 2. The second kappa shape index (κ2) is 6.00. The van der Waals surface area contributed by atoms with Crippen LogP contribution in [0.4, 0.5) is 5.82 Å². The van der Waals surface area contributed by atoms with Gasteiger partial charge in [-0.3, -0.25) is 0 Å². The third kappa shape index (κ3) is 3.32.